The van der Waals surface area contributed by atoms with Gasteiger partial charge >= 0.3 is 0 Å². The van der Waals surface area contributed by atoms with Crippen molar-refractivity contribution in [3.63, 3.8) is 0 Å². The van der Waals surface area contributed by atoms with E-state index in [2.05, 4.69) is 22.2 Å². The van der Waals surface area contributed by atoms with Crippen molar-refractivity contribution in [2.24, 2.45) is 0 Å². The number of benzene rings is 1. The van der Waals surface area contributed by atoms with Gasteiger partial charge in [0, 0.05) is 25.1 Å². The summed E-state index contributed by atoms with van der Waals surface area (Å²) in [5.74, 6) is 1.98. The molecule has 4 nitrogen and oxygen atoms in total. The van der Waals surface area contributed by atoms with Crippen LogP contribution in [0.4, 0.5) is 10.2 Å². The van der Waals surface area contributed by atoms with E-state index in [1.165, 1.54) is 6.07 Å². The Labute approximate surface area is 124 Å². The van der Waals surface area contributed by atoms with Crippen LogP contribution in [0.5, 0.6) is 11.6 Å². The molecule has 1 heterocycles. The lowest BCUT2D eigenvalue weighted by Crippen LogP contribution is -2.05. The molecule has 0 radical (unpaired) electrons. The van der Waals surface area contributed by atoms with E-state index in [-0.39, 0.29) is 5.82 Å². The molecule has 1 aromatic heterocycles. The van der Waals surface area contributed by atoms with Gasteiger partial charge in [-0.1, -0.05) is 19.9 Å². The fraction of sp³-hybridized carbons (Fsp3) is 0.375. The maximum atomic E-state index is 13.5. The molecule has 0 saturated heterocycles. The van der Waals surface area contributed by atoms with Gasteiger partial charge < -0.3 is 10.1 Å². The smallest absolute Gasteiger partial charge is 0.224 e. The summed E-state index contributed by atoms with van der Waals surface area (Å²) in [5, 5.41) is 3.21. The first-order valence-electron chi connectivity index (χ1n) is 7.18. The SMILES string of the molecule is CCCNc1cc(Oc2ccc(C)c(F)c2)nc(CC)n1. The number of nitrogens with zero attached hydrogens (tertiary/aromatic N) is 2. The van der Waals surface area contributed by atoms with Crippen LogP contribution in [-0.4, -0.2) is 16.5 Å². The Balaban J connectivity index is 2.23. The second kappa shape index (κ2) is 7.02. The molecule has 0 fully saturated rings. The maximum Gasteiger partial charge on any atom is 0.224 e. The van der Waals surface area contributed by atoms with Gasteiger partial charge in [-0.25, -0.2) is 9.37 Å². The predicted molar refractivity (Wildman–Crippen MR) is 81.4 cm³/mol. The molecule has 0 aliphatic rings. The van der Waals surface area contributed by atoms with Gasteiger partial charge in [0.2, 0.25) is 5.88 Å². The van der Waals surface area contributed by atoms with Crippen molar-refractivity contribution >= 4 is 5.82 Å². The summed E-state index contributed by atoms with van der Waals surface area (Å²) in [6.07, 6.45) is 1.71. The molecule has 21 heavy (non-hydrogen) atoms. The van der Waals surface area contributed by atoms with E-state index in [1.54, 1.807) is 25.1 Å². The normalized spacial score (nSPS) is 10.5. The van der Waals surface area contributed by atoms with Crippen LogP contribution in [0.15, 0.2) is 24.3 Å². The van der Waals surface area contributed by atoms with Gasteiger partial charge in [0.1, 0.15) is 23.2 Å². The monoisotopic (exact) mass is 289 g/mol. The van der Waals surface area contributed by atoms with Crippen molar-refractivity contribution in [3.8, 4) is 11.6 Å². The lowest BCUT2D eigenvalue weighted by molar-refractivity contribution is 0.454. The number of halogens is 1. The molecule has 2 rings (SSSR count). The Morgan fingerprint density at radius 1 is 1.19 bits per heavy atom. The molecular formula is C16H20FN3O. The summed E-state index contributed by atoms with van der Waals surface area (Å²) in [4.78, 5) is 8.70. The van der Waals surface area contributed by atoms with Gasteiger partial charge in [0.05, 0.1) is 0 Å². The molecule has 2 aromatic rings. The highest BCUT2D eigenvalue weighted by molar-refractivity contribution is 5.40. The number of aromatic nitrogens is 2. The topological polar surface area (TPSA) is 47.0 Å². The number of anilines is 1. The van der Waals surface area contributed by atoms with Gasteiger partial charge in [-0.15, -0.1) is 0 Å². The molecule has 5 heteroatoms. The van der Waals surface area contributed by atoms with Crippen molar-refractivity contribution in [2.45, 2.75) is 33.6 Å². The summed E-state index contributed by atoms with van der Waals surface area (Å²) in [7, 11) is 0. The molecule has 112 valence electrons. The maximum absolute atomic E-state index is 13.5. The summed E-state index contributed by atoms with van der Waals surface area (Å²) in [5.41, 5.74) is 0.588. The zero-order valence-corrected chi connectivity index (χ0v) is 12.6. The summed E-state index contributed by atoms with van der Waals surface area (Å²) < 4.78 is 19.2. The molecular weight excluding hydrogens is 269 g/mol. The molecule has 0 spiro atoms. The number of ether oxygens (including phenoxy) is 1. The van der Waals surface area contributed by atoms with E-state index in [0.29, 0.717) is 29.4 Å². The van der Waals surface area contributed by atoms with Crippen LogP contribution >= 0.6 is 0 Å². The average Bonchev–Trinajstić information content (AvgIpc) is 2.48. The van der Waals surface area contributed by atoms with Gasteiger partial charge in [-0.05, 0) is 25.0 Å². The van der Waals surface area contributed by atoms with E-state index in [0.717, 1.165) is 18.8 Å². The van der Waals surface area contributed by atoms with Crippen LogP contribution in [0.25, 0.3) is 0 Å². The highest BCUT2D eigenvalue weighted by atomic mass is 19.1. The van der Waals surface area contributed by atoms with Gasteiger partial charge in [-0.3, -0.25) is 0 Å². The van der Waals surface area contributed by atoms with Crippen molar-refractivity contribution in [1.29, 1.82) is 0 Å². The Morgan fingerprint density at radius 2 is 2.00 bits per heavy atom. The van der Waals surface area contributed by atoms with E-state index < -0.39 is 0 Å². The third kappa shape index (κ3) is 4.15. The number of nitrogens with one attached hydrogen (secondary N) is 1. The first-order valence-corrected chi connectivity index (χ1v) is 7.18. The Kier molecular flexibility index (Phi) is 5.09. The predicted octanol–water partition coefficient (Wildman–Crippen LogP) is 4.10. The van der Waals surface area contributed by atoms with Crippen LogP contribution in [-0.2, 0) is 6.42 Å². The summed E-state index contributed by atoms with van der Waals surface area (Å²) in [6, 6.07) is 6.50. The molecule has 0 atom stereocenters. The Morgan fingerprint density at radius 3 is 2.67 bits per heavy atom. The third-order valence-corrected chi connectivity index (χ3v) is 2.99. The molecule has 0 bridgehead atoms. The van der Waals surface area contributed by atoms with E-state index in [9.17, 15) is 4.39 Å². The highest BCUT2D eigenvalue weighted by Crippen LogP contribution is 2.23. The highest BCUT2D eigenvalue weighted by Gasteiger charge is 2.07. The third-order valence-electron chi connectivity index (χ3n) is 2.99. The lowest BCUT2D eigenvalue weighted by Gasteiger charge is -2.10. The van der Waals surface area contributed by atoms with Gasteiger partial charge in [0.15, 0.2) is 0 Å². The second-order valence-electron chi connectivity index (χ2n) is 4.80. The van der Waals surface area contributed by atoms with Crippen molar-refractivity contribution in [1.82, 2.24) is 9.97 Å². The summed E-state index contributed by atoms with van der Waals surface area (Å²) in [6.45, 7) is 6.61. The summed E-state index contributed by atoms with van der Waals surface area (Å²) >= 11 is 0. The standard InChI is InChI=1S/C16H20FN3O/c1-4-8-18-15-10-16(20-14(5-2)19-15)21-12-7-6-11(3)13(17)9-12/h6-7,9-10H,4-5,8H2,1-3H3,(H,18,19,20). The zero-order valence-electron chi connectivity index (χ0n) is 12.6. The molecule has 1 N–H and O–H groups in total. The fourth-order valence-electron chi connectivity index (χ4n) is 1.78. The first-order chi connectivity index (χ1) is 10.1. The van der Waals surface area contributed by atoms with Crippen molar-refractivity contribution in [3.05, 3.63) is 41.5 Å². The molecule has 0 aliphatic heterocycles. The fourth-order valence-corrected chi connectivity index (χ4v) is 1.78. The number of hydrogen-bond acceptors (Lipinski definition) is 4. The van der Waals surface area contributed by atoms with Crippen LogP contribution in [0.3, 0.4) is 0 Å². The molecule has 0 aliphatic carbocycles. The second-order valence-corrected chi connectivity index (χ2v) is 4.80. The number of hydrogen-bond donors (Lipinski definition) is 1. The number of rotatable bonds is 6. The number of aryl methyl sites for hydroxylation is 2. The van der Waals surface area contributed by atoms with Crippen LogP contribution in [0, 0.1) is 12.7 Å². The largest absolute Gasteiger partial charge is 0.439 e. The van der Waals surface area contributed by atoms with E-state index in [1.807, 2.05) is 6.92 Å². The first kappa shape index (κ1) is 15.2. The van der Waals surface area contributed by atoms with Crippen molar-refractivity contribution in [2.75, 3.05) is 11.9 Å². The van der Waals surface area contributed by atoms with E-state index in [4.69, 9.17) is 4.74 Å². The lowest BCUT2D eigenvalue weighted by atomic mass is 10.2. The Hall–Kier alpha value is -2.17. The zero-order chi connectivity index (χ0) is 15.2. The van der Waals surface area contributed by atoms with Crippen LogP contribution in [0.1, 0.15) is 31.7 Å². The molecule has 0 saturated carbocycles. The van der Waals surface area contributed by atoms with E-state index >= 15 is 0 Å². The Bertz CT molecular complexity index is 616. The van der Waals surface area contributed by atoms with Gasteiger partial charge in [-0.2, -0.15) is 4.98 Å². The minimum atomic E-state index is -0.290. The van der Waals surface area contributed by atoms with Crippen LogP contribution < -0.4 is 10.1 Å². The minimum absolute atomic E-state index is 0.290. The van der Waals surface area contributed by atoms with Crippen LogP contribution in [0.2, 0.25) is 0 Å². The molecule has 0 unspecified atom stereocenters. The average molecular weight is 289 g/mol. The molecule has 1 aromatic carbocycles. The van der Waals surface area contributed by atoms with Crippen molar-refractivity contribution < 1.29 is 9.13 Å². The minimum Gasteiger partial charge on any atom is -0.439 e. The molecule has 0 amide bonds. The van der Waals surface area contributed by atoms with Gasteiger partial charge in [0.25, 0.3) is 0 Å². The quantitative estimate of drug-likeness (QED) is 0.869.